The molecule has 0 fully saturated rings. The molecule has 0 bridgehead atoms. The Balaban J connectivity index is 5.22. The summed E-state index contributed by atoms with van der Waals surface area (Å²) in [5.74, 6) is -0.716. The standard InChI is InChI=1S/C9H24NO3Si/c1-8(11-5,12-6)9(14,13-7)10(2,3)4/h1-7,14H3/q+1. The first-order valence-electron chi connectivity index (χ1n) is 4.65. The van der Waals surface area contributed by atoms with Crippen LogP contribution in [0.1, 0.15) is 6.92 Å². The lowest BCUT2D eigenvalue weighted by atomic mass is 10.2. The maximum absolute atomic E-state index is 5.63. The number of rotatable bonds is 5. The predicted molar refractivity (Wildman–Crippen MR) is 60.1 cm³/mol. The molecule has 86 valence electrons. The lowest BCUT2D eigenvalue weighted by Crippen LogP contribution is -2.71. The van der Waals surface area contributed by atoms with E-state index in [1.54, 1.807) is 21.3 Å². The summed E-state index contributed by atoms with van der Waals surface area (Å²) >= 11 is 0. The molecule has 0 amide bonds. The Bertz CT molecular complexity index is 189. The van der Waals surface area contributed by atoms with Gasteiger partial charge in [0, 0.05) is 21.3 Å². The molecule has 1 unspecified atom stereocenters. The fourth-order valence-electron chi connectivity index (χ4n) is 1.53. The highest BCUT2D eigenvalue weighted by atomic mass is 28.1. The van der Waals surface area contributed by atoms with Crippen molar-refractivity contribution in [2.24, 2.45) is 0 Å². The van der Waals surface area contributed by atoms with E-state index in [0.29, 0.717) is 4.48 Å². The van der Waals surface area contributed by atoms with Gasteiger partial charge in [-0.05, 0) is 6.92 Å². The first-order chi connectivity index (χ1) is 6.18. The van der Waals surface area contributed by atoms with E-state index in [0.717, 1.165) is 10.2 Å². The van der Waals surface area contributed by atoms with Crippen molar-refractivity contribution < 1.29 is 18.7 Å². The molecule has 0 aromatic carbocycles. The van der Waals surface area contributed by atoms with Gasteiger partial charge in [0.15, 0.2) is 0 Å². The van der Waals surface area contributed by atoms with Gasteiger partial charge < -0.3 is 18.7 Å². The van der Waals surface area contributed by atoms with E-state index in [9.17, 15) is 0 Å². The van der Waals surface area contributed by atoms with Crippen molar-refractivity contribution in [3.8, 4) is 0 Å². The first-order valence-corrected chi connectivity index (χ1v) is 5.65. The third-order valence-electron chi connectivity index (χ3n) is 3.30. The van der Waals surface area contributed by atoms with E-state index in [4.69, 9.17) is 14.2 Å². The molecule has 0 rings (SSSR count). The molecule has 0 aromatic rings. The van der Waals surface area contributed by atoms with Gasteiger partial charge in [-0.3, -0.25) is 0 Å². The van der Waals surface area contributed by atoms with Gasteiger partial charge in [0.1, 0.15) is 10.2 Å². The van der Waals surface area contributed by atoms with Crippen LogP contribution in [0.4, 0.5) is 0 Å². The minimum absolute atomic E-state index is 0.434. The van der Waals surface area contributed by atoms with Crippen molar-refractivity contribution in [3.05, 3.63) is 0 Å². The van der Waals surface area contributed by atoms with Crippen LogP contribution in [0.2, 0.25) is 0 Å². The molecule has 0 radical (unpaired) electrons. The maximum atomic E-state index is 5.63. The number of hydrogen-bond acceptors (Lipinski definition) is 3. The molecule has 1 atom stereocenters. The van der Waals surface area contributed by atoms with Crippen LogP contribution in [-0.4, -0.2) is 68.3 Å². The van der Waals surface area contributed by atoms with Crippen LogP contribution in [0.3, 0.4) is 0 Å². The van der Waals surface area contributed by atoms with Gasteiger partial charge in [-0.1, -0.05) is 0 Å². The predicted octanol–water partition coefficient (Wildman–Crippen LogP) is -0.633. The molecule has 0 spiro atoms. The molecule has 4 nitrogen and oxygen atoms in total. The summed E-state index contributed by atoms with van der Waals surface area (Å²) in [4.78, 5) is 0. The van der Waals surface area contributed by atoms with Gasteiger partial charge in [-0.25, -0.2) is 0 Å². The number of hydrogen-bond donors (Lipinski definition) is 0. The van der Waals surface area contributed by atoms with Crippen molar-refractivity contribution in [2.75, 3.05) is 42.5 Å². The van der Waals surface area contributed by atoms with Crippen LogP contribution in [0.15, 0.2) is 0 Å². The Morgan fingerprint density at radius 1 is 0.929 bits per heavy atom. The van der Waals surface area contributed by atoms with Crippen molar-refractivity contribution in [1.29, 1.82) is 0 Å². The van der Waals surface area contributed by atoms with Crippen molar-refractivity contribution in [2.45, 2.75) is 18.1 Å². The van der Waals surface area contributed by atoms with Crippen LogP contribution in [-0.2, 0) is 14.2 Å². The number of likely N-dealkylation sites (N-methyl/N-ethyl adjacent to an activating group) is 1. The van der Waals surface area contributed by atoms with Crippen molar-refractivity contribution >= 4 is 10.2 Å². The van der Waals surface area contributed by atoms with E-state index in [-0.39, 0.29) is 0 Å². The van der Waals surface area contributed by atoms with Crippen LogP contribution < -0.4 is 0 Å². The molecule has 0 aliphatic rings. The van der Waals surface area contributed by atoms with E-state index < -0.39 is 11.1 Å². The smallest absolute Gasteiger partial charge is 0.242 e. The average molecular weight is 222 g/mol. The monoisotopic (exact) mass is 222 g/mol. The third kappa shape index (κ3) is 2.01. The summed E-state index contributed by atoms with van der Waals surface area (Å²) in [5.41, 5.74) is 0. The molecule has 0 aromatic heterocycles. The largest absolute Gasteiger partial charge is 0.347 e. The summed E-state index contributed by atoms with van der Waals surface area (Å²) in [7, 11) is 12.0. The topological polar surface area (TPSA) is 27.7 Å². The van der Waals surface area contributed by atoms with E-state index in [1.165, 1.54) is 0 Å². The highest BCUT2D eigenvalue weighted by Crippen LogP contribution is 2.32. The number of ether oxygens (including phenoxy) is 3. The van der Waals surface area contributed by atoms with Crippen LogP contribution in [0, 0.1) is 0 Å². The Morgan fingerprint density at radius 2 is 1.29 bits per heavy atom. The van der Waals surface area contributed by atoms with Gasteiger partial charge in [-0.15, -0.1) is 0 Å². The average Bonchev–Trinajstić information content (AvgIpc) is 2.13. The molecule has 0 heterocycles. The quantitative estimate of drug-likeness (QED) is 0.352. The summed E-state index contributed by atoms with van der Waals surface area (Å²) in [6.45, 7) is 1.91. The minimum Gasteiger partial charge on any atom is -0.347 e. The minimum atomic E-state index is -0.716. The normalized spacial score (nSPS) is 18.2. The molecule has 0 aliphatic carbocycles. The summed E-state index contributed by atoms with van der Waals surface area (Å²) < 4.78 is 17.2. The second kappa shape index (κ2) is 4.28. The Hall–Kier alpha value is 0.0569. The second-order valence-corrected chi connectivity index (χ2v) is 5.91. The van der Waals surface area contributed by atoms with Crippen LogP contribution >= 0.6 is 0 Å². The lowest BCUT2D eigenvalue weighted by Gasteiger charge is -2.50. The number of nitrogens with zero attached hydrogens (tertiary/aromatic N) is 1. The molecule has 0 saturated heterocycles. The Morgan fingerprint density at radius 3 is 1.36 bits per heavy atom. The van der Waals surface area contributed by atoms with Gasteiger partial charge >= 0.3 is 0 Å². The van der Waals surface area contributed by atoms with E-state index in [1.807, 2.05) is 6.92 Å². The second-order valence-electron chi connectivity index (χ2n) is 4.55. The van der Waals surface area contributed by atoms with Crippen LogP contribution in [0.25, 0.3) is 0 Å². The summed E-state index contributed by atoms with van der Waals surface area (Å²) in [6.07, 6.45) is 0. The first kappa shape index (κ1) is 14.1. The van der Waals surface area contributed by atoms with Crippen LogP contribution in [0.5, 0.6) is 0 Å². The summed E-state index contributed by atoms with van der Waals surface area (Å²) in [6, 6.07) is 0. The lowest BCUT2D eigenvalue weighted by molar-refractivity contribution is -0.946. The number of quaternary nitrogens is 1. The highest BCUT2D eigenvalue weighted by molar-refractivity contribution is 6.14. The molecule has 14 heavy (non-hydrogen) atoms. The van der Waals surface area contributed by atoms with Gasteiger partial charge in [0.25, 0.3) is 0 Å². The molecule has 0 saturated carbocycles. The van der Waals surface area contributed by atoms with Crippen molar-refractivity contribution in [1.82, 2.24) is 0 Å². The molecule has 5 heteroatoms. The van der Waals surface area contributed by atoms with E-state index >= 15 is 0 Å². The van der Waals surface area contributed by atoms with Gasteiger partial charge in [0.05, 0.1) is 21.1 Å². The molecule has 0 N–H and O–H groups in total. The zero-order valence-corrected chi connectivity index (χ0v) is 12.7. The molecular formula is C9H24NO3Si+. The fourth-order valence-corrected chi connectivity index (χ4v) is 1.94. The third-order valence-corrected chi connectivity index (χ3v) is 5.96. The fraction of sp³-hybridized carbons (Fsp3) is 1.00. The van der Waals surface area contributed by atoms with Crippen molar-refractivity contribution in [3.63, 3.8) is 0 Å². The SMILES string of the molecule is COC(C)(OC)C([SiH3])(OC)[N+](C)(C)C. The molecule has 0 aliphatic heterocycles. The zero-order valence-electron chi connectivity index (χ0n) is 10.7. The Labute approximate surface area is 90.1 Å². The maximum Gasteiger partial charge on any atom is 0.242 e. The van der Waals surface area contributed by atoms with Gasteiger partial charge in [0.2, 0.25) is 11.1 Å². The highest BCUT2D eigenvalue weighted by Gasteiger charge is 2.55. The zero-order chi connectivity index (χ0) is 11.6. The Kier molecular flexibility index (Phi) is 4.30. The van der Waals surface area contributed by atoms with Gasteiger partial charge in [-0.2, -0.15) is 0 Å². The van der Waals surface area contributed by atoms with E-state index in [2.05, 4.69) is 21.1 Å². The number of methoxy groups -OCH3 is 3. The molecular weight excluding hydrogens is 198 g/mol. The summed E-state index contributed by atoms with van der Waals surface area (Å²) in [5, 5.41) is -0.434.